The molecule has 0 aliphatic heterocycles. The average molecular weight is 245 g/mol. The van der Waals surface area contributed by atoms with E-state index in [1.54, 1.807) is 13.0 Å². The zero-order valence-corrected chi connectivity index (χ0v) is 9.25. The second-order valence-electron chi connectivity index (χ2n) is 3.15. The topological polar surface area (TPSA) is 37.3 Å². The third-order valence-electron chi connectivity index (χ3n) is 2.10. The number of hydrogen-bond acceptors (Lipinski definition) is 2. The summed E-state index contributed by atoms with van der Waals surface area (Å²) in [4.78, 5) is 10.8. The Balaban J connectivity index is 2.83. The summed E-state index contributed by atoms with van der Waals surface area (Å²) in [5.74, 6) is -1.46. The third-order valence-corrected chi connectivity index (χ3v) is 3.75. The highest BCUT2D eigenvalue weighted by atomic mass is 35.5. The van der Waals surface area contributed by atoms with E-state index in [-0.39, 0.29) is 15.7 Å². The van der Waals surface area contributed by atoms with Gasteiger partial charge in [0.05, 0.1) is 5.02 Å². The van der Waals surface area contributed by atoms with E-state index in [0.717, 1.165) is 11.3 Å². The van der Waals surface area contributed by atoms with E-state index in [0.29, 0.717) is 15.6 Å². The van der Waals surface area contributed by atoms with E-state index in [1.807, 2.05) is 0 Å². The maximum absolute atomic E-state index is 13.2. The molecule has 0 fully saturated rings. The van der Waals surface area contributed by atoms with E-state index >= 15 is 0 Å². The van der Waals surface area contributed by atoms with E-state index in [2.05, 4.69) is 0 Å². The molecule has 0 radical (unpaired) electrons. The van der Waals surface area contributed by atoms with Gasteiger partial charge in [0.2, 0.25) is 0 Å². The van der Waals surface area contributed by atoms with Crippen LogP contribution < -0.4 is 0 Å². The van der Waals surface area contributed by atoms with Crippen molar-refractivity contribution in [3.05, 3.63) is 33.4 Å². The highest BCUT2D eigenvalue weighted by Gasteiger charge is 2.17. The molecule has 1 aromatic carbocycles. The second-order valence-corrected chi connectivity index (χ2v) is 4.58. The number of hydrogen-bond donors (Lipinski definition) is 1. The standard InChI is InChI=1S/C10H6ClFO2S/c1-4-2-7-5(3-6(4)12)8(11)9(15-7)10(13)14/h2-3H,1H3,(H,13,14). The van der Waals surface area contributed by atoms with E-state index in [1.165, 1.54) is 6.07 Å². The van der Waals surface area contributed by atoms with Gasteiger partial charge in [-0.15, -0.1) is 11.3 Å². The van der Waals surface area contributed by atoms with Crippen LogP contribution in [0.25, 0.3) is 10.1 Å². The first-order chi connectivity index (χ1) is 7.00. The molecule has 2 rings (SSSR count). The first-order valence-electron chi connectivity index (χ1n) is 4.12. The highest BCUT2D eigenvalue weighted by molar-refractivity contribution is 7.21. The van der Waals surface area contributed by atoms with E-state index in [9.17, 15) is 9.18 Å². The maximum Gasteiger partial charge on any atom is 0.347 e. The van der Waals surface area contributed by atoms with Gasteiger partial charge in [-0.3, -0.25) is 0 Å². The zero-order valence-electron chi connectivity index (χ0n) is 7.67. The normalized spacial score (nSPS) is 10.9. The largest absolute Gasteiger partial charge is 0.477 e. The molecule has 78 valence electrons. The molecule has 0 spiro atoms. The highest BCUT2D eigenvalue weighted by Crippen LogP contribution is 2.36. The number of fused-ring (bicyclic) bond motifs is 1. The Morgan fingerprint density at radius 1 is 1.53 bits per heavy atom. The van der Waals surface area contributed by atoms with Crippen LogP contribution in [-0.4, -0.2) is 11.1 Å². The molecular formula is C10H6ClFO2S. The van der Waals surface area contributed by atoms with Crippen molar-refractivity contribution in [3.63, 3.8) is 0 Å². The molecule has 0 saturated carbocycles. The van der Waals surface area contributed by atoms with Crippen LogP contribution in [0.15, 0.2) is 12.1 Å². The summed E-state index contributed by atoms with van der Waals surface area (Å²) in [6.07, 6.45) is 0. The smallest absolute Gasteiger partial charge is 0.347 e. The maximum atomic E-state index is 13.2. The molecule has 0 unspecified atom stereocenters. The van der Waals surface area contributed by atoms with Gasteiger partial charge in [-0.2, -0.15) is 0 Å². The van der Waals surface area contributed by atoms with Gasteiger partial charge in [0.15, 0.2) is 0 Å². The number of thiophene rings is 1. The van der Waals surface area contributed by atoms with Crippen LogP contribution in [0.4, 0.5) is 4.39 Å². The minimum absolute atomic E-state index is 0.0525. The van der Waals surface area contributed by atoms with Crippen molar-refractivity contribution < 1.29 is 14.3 Å². The van der Waals surface area contributed by atoms with Crippen LogP contribution in [0, 0.1) is 12.7 Å². The van der Waals surface area contributed by atoms with Gasteiger partial charge in [-0.25, -0.2) is 9.18 Å². The van der Waals surface area contributed by atoms with Crippen molar-refractivity contribution in [2.45, 2.75) is 6.92 Å². The molecule has 5 heteroatoms. The molecule has 15 heavy (non-hydrogen) atoms. The lowest BCUT2D eigenvalue weighted by Gasteiger charge is -1.95. The fraction of sp³-hybridized carbons (Fsp3) is 0.100. The minimum atomic E-state index is -1.08. The van der Waals surface area contributed by atoms with Crippen LogP contribution in [0.3, 0.4) is 0 Å². The lowest BCUT2D eigenvalue weighted by Crippen LogP contribution is -1.91. The molecule has 1 N–H and O–H groups in total. The van der Waals surface area contributed by atoms with Gasteiger partial charge in [-0.05, 0) is 24.6 Å². The third kappa shape index (κ3) is 1.60. The summed E-state index contributed by atoms with van der Waals surface area (Å²) in [6, 6.07) is 2.88. The van der Waals surface area contributed by atoms with Crippen LogP contribution in [0.5, 0.6) is 0 Å². The summed E-state index contributed by atoms with van der Waals surface area (Å²) in [5, 5.41) is 9.41. The zero-order chi connectivity index (χ0) is 11.2. The first kappa shape index (κ1) is 10.4. The Labute approximate surface area is 93.9 Å². The Morgan fingerprint density at radius 2 is 2.20 bits per heavy atom. The van der Waals surface area contributed by atoms with Gasteiger partial charge in [0, 0.05) is 10.1 Å². The monoisotopic (exact) mass is 244 g/mol. The predicted molar refractivity (Wildman–Crippen MR) is 58.5 cm³/mol. The van der Waals surface area contributed by atoms with Crippen LogP contribution in [0.1, 0.15) is 15.2 Å². The van der Waals surface area contributed by atoms with Crippen molar-refractivity contribution in [1.82, 2.24) is 0 Å². The molecule has 0 aliphatic carbocycles. The number of benzene rings is 1. The Hall–Kier alpha value is -1.13. The van der Waals surface area contributed by atoms with Crippen LogP contribution in [-0.2, 0) is 0 Å². The first-order valence-corrected chi connectivity index (χ1v) is 5.31. The molecule has 1 aromatic heterocycles. The van der Waals surface area contributed by atoms with Crippen molar-refractivity contribution in [2.24, 2.45) is 0 Å². The number of aryl methyl sites for hydroxylation is 1. The molecule has 2 aromatic rings. The van der Waals surface area contributed by atoms with Crippen LogP contribution in [0.2, 0.25) is 5.02 Å². The number of rotatable bonds is 1. The Bertz CT molecular complexity index is 562. The summed E-state index contributed by atoms with van der Waals surface area (Å²) < 4.78 is 13.9. The van der Waals surface area contributed by atoms with E-state index < -0.39 is 5.97 Å². The average Bonchev–Trinajstić information content (AvgIpc) is 2.46. The predicted octanol–water partition coefficient (Wildman–Crippen LogP) is 3.70. The second kappa shape index (κ2) is 3.47. The fourth-order valence-electron chi connectivity index (χ4n) is 1.33. The molecule has 1 heterocycles. The lowest BCUT2D eigenvalue weighted by molar-refractivity contribution is 0.0702. The molecule has 0 saturated heterocycles. The van der Waals surface area contributed by atoms with Gasteiger partial charge in [-0.1, -0.05) is 11.6 Å². The summed E-state index contributed by atoms with van der Waals surface area (Å²) >= 11 is 6.90. The molecule has 0 amide bonds. The van der Waals surface area contributed by atoms with Crippen molar-refractivity contribution in [2.75, 3.05) is 0 Å². The number of halogens is 2. The number of aromatic carboxylic acids is 1. The SMILES string of the molecule is Cc1cc2sc(C(=O)O)c(Cl)c2cc1F. The molecular weight excluding hydrogens is 239 g/mol. The van der Waals surface area contributed by atoms with Crippen molar-refractivity contribution in [1.29, 1.82) is 0 Å². The van der Waals surface area contributed by atoms with Gasteiger partial charge < -0.3 is 5.11 Å². The Morgan fingerprint density at radius 3 is 2.80 bits per heavy atom. The van der Waals surface area contributed by atoms with Crippen LogP contribution >= 0.6 is 22.9 Å². The van der Waals surface area contributed by atoms with Gasteiger partial charge in [0.25, 0.3) is 0 Å². The molecule has 0 bridgehead atoms. The summed E-state index contributed by atoms with van der Waals surface area (Å²) in [5.41, 5.74) is 0.484. The summed E-state index contributed by atoms with van der Waals surface area (Å²) in [7, 11) is 0. The van der Waals surface area contributed by atoms with E-state index in [4.69, 9.17) is 16.7 Å². The number of carbonyl (C=O) groups is 1. The fourth-order valence-corrected chi connectivity index (χ4v) is 2.75. The molecule has 0 atom stereocenters. The van der Waals surface area contributed by atoms with Gasteiger partial charge in [0.1, 0.15) is 10.7 Å². The van der Waals surface area contributed by atoms with Gasteiger partial charge >= 0.3 is 5.97 Å². The lowest BCUT2D eigenvalue weighted by atomic mass is 10.2. The van der Waals surface area contributed by atoms with Crippen molar-refractivity contribution >= 4 is 39.0 Å². The number of carboxylic acid groups (broad SMARTS) is 1. The molecule has 2 nitrogen and oxygen atoms in total. The minimum Gasteiger partial charge on any atom is -0.477 e. The quantitative estimate of drug-likeness (QED) is 0.831. The van der Waals surface area contributed by atoms with Crippen molar-refractivity contribution in [3.8, 4) is 0 Å². The summed E-state index contributed by atoms with van der Waals surface area (Å²) in [6.45, 7) is 1.63. The number of carboxylic acids is 1. The molecule has 0 aliphatic rings. The Kier molecular flexibility index (Phi) is 2.40.